The van der Waals surface area contributed by atoms with Gasteiger partial charge in [-0.1, -0.05) is 26.2 Å². The van der Waals surface area contributed by atoms with Crippen LogP contribution in [0.2, 0.25) is 0 Å². The fourth-order valence-corrected chi connectivity index (χ4v) is 3.04. The molecule has 3 unspecified atom stereocenters. The van der Waals surface area contributed by atoms with Gasteiger partial charge in [0.1, 0.15) is 0 Å². The predicted octanol–water partition coefficient (Wildman–Crippen LogP) is 3.35. The van der Waals surface area contributed by atoms with Crippen LogP contribution in [0.5, 0.6) is 0 Å². The van der Waals surface area contributed by atoms with Gasteiger partial charge in [0.15, 0.2) is 0 Å². The number of ether oxygens (including phenoxy) is 1. The minimum Gasteiger partial charge on any atom is -0.385 e. The van der Waals surface area contributed by atoms with Crippen LogP contribution in [-0.4, -0.2) is 19.8 Å². The second-order valence-electron chi connectivity index (χ2n) is 5.38. The van der Waals surface area contributed by atoms with Gasteiger partial charge < -0.3 is 10.5 Å². The van der Waals surface area contributed by atoms with Crippen molar-refractivity contribution >= 4 is 0 Å². The minimum atomic E-state index is 0.468. The summed E-state index contributed by atoms with van der Waals surface area (Å²) in [4.78, 5) is 0. The Labute approximate surface area is 101 Å². The molecule has 16 heavy (non-hydrogen) atoms. The van der Waals surface area contributed by atoms with Crippen LogP contribution >= 0.6 is 0 Å². The Morgan fingerprint density at radius 3 is 2.69 bits per heavy atom. The van der Waals surface area contributed by atoms with E-state index >= 15 is 0 Å². The fraction of sp³-hybridized carbons (Fsp3) is 1.00. The maximum absolute atomic E-state index is 6.22. The van der Waals surface area contributed by atoms with Crippen molar-refractivity contribution in [2.24, 2.45) is 17.6 Å². The van der Waals surface area contributed by atoms with Crippen molar-refractivity contribution in [3.05, 3.63) is 0 Å². The zero-order valence-electron chi connectivity index (χ0n) is 11.1. The molecule has 0 heterocycles. The summed E-state index contributed by atoms with van der Waals surface area (Å²) in [6, 6.07) is 0.468. The highest BCUT2D eigenvalue weighted by Crippen LogP contribution is 2.33. The second-order valence-corrected chi connectivity index (χ2v) is 5.38. The molecule has 0 aliphatic heterocycles. The number of nitrogens with two attached hydrogens (primary N) is 1. The molecule has 1 fully saturated rings. The zero-order chi connectivity index (χ0) is 11.8. The molecule has 0 radical (unpaired) electrons. The number of unbranched alkanes of at least 4 members (excludes halogenated alkanes) is 1. The third kappa shape index (κ3) is 4.84. The third-order valence-corrected chi connectivity index (χ3v) is 4.02. The first-order chi connectivity index (χ1) is 7.77. The van der Waals surface area contributed by atoms with Crippen LogP contribution in [0.15, 0.2) is 0 Å². The summed E-state index contributed by atoms with van der Waals surface area (Å²) in [7, 11) is 1.78. The molecule has 1 aliphatic carbocycles. The van der Waals surface area contributed by atoms with Crippen LogP contribution in [0.1, 0.15) is 58.3 Å². The molecule has 3 atom stereocenters. The molecule has 0 bridgehead atoms. The summed E-state index contributed by atoms with van der Waals surface area (Å²) in [6.45, 7) is 3.20. The Morgan fingerprint density at radius 1 is 1.19 bits per heavy atom. The Hall–Kier alpha value is -0.0800. The average molecular weight is 227 g/mol. The van der Waals surface area contributed by atoms with E-state index in [1.54, 1.807) is 7.11 Å². The van der Waals surface area contributed by atoms with Crippen molar-refractivity contribution in [3.63, 3.8) is 0 Å². The van der Waals surface area contributed by atoms with Gasteiger partial charge in [0, 0.05) is 19.8 Å². The van der Waals surface area contributed by atoms with E-state index in [4.69, 9.17) is 10.5 Å². The van der Waals surface area contributed by atoms with E-state index in [9.17, 15) is 0 Å². The quantitative estimate of drug-likeness (QED) is 0.677. The Kier molecular flexibility index (Phi) is 7.06. The van der Waals surface area contributed by atoms with Crippen LogP contribution in [0.3, 0.4) is 0 Å². The molecule has 2 nitrogen and oxygen atoms in total. The highest BCUT2D eigenvalue weighted by atomic mass is 16.5. The molecule has 2 heteroatoms. The SMILES string of the molecule is CCCC1CCC(N)C(CCCCOC)C1. The molecule has 0 aromatic rings. The van der Waals surface area contributed by atoms with E-state index < -0.39 is 0 Å². The van der Waals surface area contributed by atoms with E-state index in [0.29, 0.717) is 6.04 Å². The lowest BCUT2D eigenvalue weighted by atomic mass is 9.75. The molecular weight excluding hydrogens is 198 g/mol. The van der Waals surface area contributed by atoms with Gasteiger partial charge in [0.05, 0.1) is 0 Å². The van der Waals surface area contributed by atoms with Gasteiger partial charge in [-0.2, -0.15) is 0 Å². The number of methoxy groups -OCH3 is 1. The third-order valence-electron chi connectivity index (χ3n) is 4.02. The molecule has 96 valence electrons. The van der Waals surface area contributed by atoms with Gasteiger partial charge in [-0.25, -0.2) is 0 Å². The van der Waals surface area contributed by atoms with Crippen molar-refractivity contribution < 1.29 is 4.74 Å². The highest BCUT2D eigenvalue weighted by molar-refractivity contribution is 4.82. The lowest BCUT2D eigenvalue weighted by Gasteiger charge is -2.34. The summed E-state index contributed by atoms with van der Waals surface area (Å²) in [6.07, 6.45) is 10.5. The largest absolute Gasteiger partial charge is 0.385 e. The summed E-state index contributed by atoms with van der Waals surface area (Å²) >= 11 is 0. The Balaban J connectivity index is 2.21. The summed E-state index contributed by atoms with van der Waals surface area (Å²) < 4.78 is 5.09. The van der Waals surface area contributed by atoms with Gasteiger partial charge in [-0.3, -0.25) is 0 Å². The Morgan fingerprint density at radius 2 is 2.00 bits per heavy atom. The number of rotatable bonds is 7. The van der Waals surface area contributed by atoms with E-state index in [1.807, 2.05) is 0 Å². The highest BCUT2D eigenvalue weighted by Gasteiger charge is 2.26. The van der Waals surface area contributed by atoms with E-state index in [1.165, 1.54) is 51.4 Å². The van der Waals surface area contributed by atoms with E-state index in [0.717, 1.165) is 18.4 Å². The van der Waals surface area contributed by atoms with Gasteiger partial charge in [-0.05, 0) is 43.9 Å². The number of hydrogen-bond acceptors (Lipinski definition) is 2. The zero-order valence-corrected chi connectivity index (χ0v) is 11.1. The first-order valence-electron chi connectivity index (χ1n) is 7.02. The molecule has 0 spiro atoms. The molecule has 0 amide bonds. The minimum absolute atomic E-state index is 0.468. The van der Waals surface area contributed by atoms with Crippen molar-refractivity contribution in [2.45, 2.75) is 64.3 Å². The van der Waals surface area contributed by atoms with Crippen LogP contribution in [0.25, 0.3) is 0 Å². The first kappa shape index (κ1) is 14.0. The van der Waals surface area contributed by atoms with Gasteiger partial charge in [0.25, 0.3) is 0 Å². The lowest BCUT2D eigenvalue weighted by molar-refractivity contribution is 0.177. The van der Waals surface area contributed by atoms with Crippen molar-refractivity contribution in [1.29, 1.82) is 0 Å². The topological polar surface area (TPSA) is 35.2 Å². The molecule has 1 saturated carbocycles. The molecule has 1 rings (SSSR count). The van der Waals surface area contributed by atoms with Crippen LogP contribution in [0.4, 0.5) is 0 Å². The van der Waals surface area contributed by atoms with Gasteiger partial charge >= 0.3 is 0 Å². The Bertz CT molecular complexity index is 172. The van der Waals surface area contributed by atoms with Crippen molar-refractivity contribution in [2.75, 3.05) is 13.7 Å². The maximum Gasteiger partial charge on any atom is 0.0462 e. The molecule has 2 N–H and O–H groups in total. The summed E-state index contributed by atoms with van der Waals surface area (Å²) in [5.74, 6) is 1.74. The van der Waals surface area contributed by atoms with Crippen molar-refractivity contribution in [1.82, 2.24) is 0 Å². The van der Waals surface area contributed by atoms with Gasteiger partial charge in [0.2, 0.25) is 0 Å². The van der Waals surface area contributed by atoms with Crippen LogP contribution in [0, 0.1) is 11.8 Å². The maximum atomic E-state index is 6.22. The molecule has 0 aromatic heterocycles. The molecule has 0 saturated heterocycles. The molecule has 1 aliphatic rings. The van der Waals surface area contributed by atoms with Crippen LogP contribution in [-0.2, 0) is 4.74 Å². The number of hydrogen-bond donors (Lipinski definition) is 1. The fourth-order valence-electron chi connectivity index (χ4n) is 3.04. The standard InChI is InChI=1S/C14H29NO/c1-3-6-12-8-9-14(15)13(11-12)7-4-5-10-16-2/h12-14H,3-11,15H2,1-2H3. The predicted molar refractivity (Wildman–Crippen MR) is 69.4 cm³/mol. The molecular formula is C14H29NO. The second kappa shape index (κ2) is 8.08. The molecule has 0 aromatic carbocycles. The monoisotopic (exact) mass is 227 g/mol. The van der Waals surface area contributed by atoms with Gasteiger partial charge in [-0.15, -0.1) is 0 Å². The van der Waals surface area contributed by atoms with E-state index in [-0.39, 0.29) is 0 Å². The average Bonchev–Trinajstić information content (AvgIpc) is 2.29. The first-order valence-corrected chi connectivity index (χ1v) is 7.02. The van der Waals surface area contributed by atoms with Crippen molar-refractivity contribution in [3.8, 4) is 0 Å². The van der Waals surface area contributed by atoms with Crippen LogP contribution < -0.4 is 5.73 Å². The normalized spacial score (nSPS) is 30.6. The summed E-state index contributed by atoms with van der Waals surface area (Å²) in [5, 5.41) is 0. The van der Waals surface area contributed by atoms with E-state index in [2.05, 4.69) is 6.92 Å². The smallest absolute Gasteiger partial charge is 0.0462 e. The summed E-state index contributed by atoms with van der Waals surface area (Å²) in [5.41, 5.74) is 6.22. The lowest BCUT2D eigenvalue weighted by Crippen LogP contribution is -2.36.